The summed E-state index contributed by atoms with van der Waals surface area (Å²) in [5.74, 6) is 5.58. The Labute approximate surface area is 90.0 Å². The zero-order valence-electron chi connectivity index (χ0n) is 7.71. The van der Waals surface area contributed by atoms with Crippen LogP contribution in [0.2, 0.25) is 5.02 Å². The predicted molar refractivity (Wildman–Crippen MR) is 52.7 cm³/mol. The summed E-state index contributed by atoms with van der Waals surface area (Å²) in [5.41, 5.74) is 0.243. The minimum atomic E-state index is -1.03. The van der Waals surface area contributed by atoms with E-state index in [1.807, 2.05) is 0 Å². The van der Waals surface area contributed by atoms with Crippen LogP contribution in [0.5, 0.6) is 5.75 Å². The van der Waals surface area contributed by atoms with Gasteiger partial charge in [-0.2, -0.15) is 4.94 Å². The van der Waals surface area contributed by atoms with Gasteiger partial charge >= 0.3 is 5.09 Å². The van der Waals surface area contributed by atoms with Crippen molar-refractivity contribution in [2.45, 2.75) is 0 Å². The molecule has 0 spiro atoms. The van der Waals surface area contributed by atoms with Gasteiger partial charge in [0.2, 0.25) is 0 Å². The second-order valence-electron chi connectivity index (χ2n) is 2.45. The summed E-state index contributed by atoms with van der Waals surface area (Å²) < 4.78 is 4.90. The fraction of sp³-hybridized carbons (Fsp3) is 0.143. The average Bonchev–Trinajstić information content (AvgIpc) is 2.17. The Morgan fingerprint density at radius 3 is 2.80 bits per heavy atom. The third-order valence-corrected chi connectivity index (χ3v) is 1.86. The van der Waals surface area contributed by atoms with Gasteiger partial charge in [0, 0.05) is 6.07 Å². The number of rotatable bonds is 4. The summed E-state index contributed by atoms with van der Waals surface area (Å²) in [6, 6.07) is 4.35. The Morgan fingerprint density at radius 2 is 2.27 bits per heavy atom. The van der Waals surface area contributed by atoms with Crippen LogP contribution in [0.15, 0.2) is 18.2 Å². The Balaban J connectivity index is 2.90. The quantitative estimate of drug-likeness (QED) is 0.477. The monoisotopic (exact) mass is 233 g/mol. The largest absolute Gasteiger partial charge is 0.495 e. The van der Waals surface area contributed by atoms with Crippen molar-refractivity contribution in [3.05, 3.63) is 33.3 Å². The zero-order chi connectivity index (χ0) is 11.4. The molecule has 0 amide bonds. The first-order valence-electron chi connectivity index (χ1n) is 3.75. The van der Waals surface area contributed by atoms with E-state index in [9.17, 15) is 10.1 Å². The lowest BCUT2D eigenvalue weighted by Gasteiger charge is -2.15. The number of nitrogens with two attached hydrogens (primary N) is 1. The molecule has 1 rings (SSSR count). The maximum absolute atomic E-state index is 10.0. The molecule has 0 unspecified atom stereocenters. The van der Waals surface area contributed by atoms with E-state index >= 15 is 0 Å². The van der Waals surface area contributed by atoms with E-state index in [2.05, 4.69) is 4.94 Å². The first-order chi connectivity index (χ1) is 7.04. The molecule has 7 nitrogen and oxygen atoms in total. The SMILES string of the molecule is COc1cc(N(N)O[N+](=O)[O-])ccc1Cl. The summed E-state index contributed by atoms with van der Waals surface area (Å²) in [7, 11) is 1.42. The van der Waals surface area contributed by atoms with E-state index in [0.717, 1.165) is 0 Å². The van der Waals surface area contributed by atoms with E-state index in [1.165, 1.54) is 25.3 Å². The van der Waals surface area contributed by atoms with Crippen molar-refractivity contribution < 1.29 is 14.8 Å². The minimum Gasteiger partial charge on any atom is -0.495 e. The molecule has 0 atom stereocenters. The molecule has 0 fully saturated rings. The molecular weight excluding hydrogens is 226 g/mol. The number of anilines is 1. The Morgan fingerprint density at radius 1 is 1.60 bits per heavy atom. The molecule has 8 heteroatoms. The standard InChI is InChI=1S/C7H8ClN3O4/c1-14-7-4-5(2-3-6(7)8)10(9)15-11(12)13/h2-4H,9H2,1H3. The summed E-state index contributed by atoms with van der Waals surface area (Å²) in [6.07, 6.45) is 0. The molecule has 0 aliphatic heterocycles. The van der Waals surface area contributed by atoms with E-state index in [0.29, 0.717) is 15.9 Å². The van der Waals surface area contributed by atoms with Crippen molar-refractivity contribution in [2.75, 3.05) is 12.3 Å². The average molecular weight is 234 g/mol. The number of methoxy groups -OCH3 is 1. The van der Waals surface area contributed by atoms with E-state index in [1.54, 1.807) is 0 Å². The van der Waals surface area contributed by atoms with Crippen LogP contribution >= 0.6 is 11.6 Å². The highest BCUT2D eigenvalue weighted by Crippen LogP contribution is 2.28. The minimum absolute atomic E-state index is 0.243. The highest BCUT2D eigenvalue weighted by atomic mass is 35.5. The van der Waals surface area contributed by atoms with Crippen LogP contribution in [0, 0.1) is 10.1 Å². The summed E-state index contributed by atoms with van der Waals surface area (Å²) >= 11 is 5.75. The van der Waals surface area contributed by atoms with Gasteiger partial charge in [0.1, 0.15) is 5.75 Å². The number of hydrazine groups is 1. The lowest BCUT2D eigenvalue weighted by Crippen LogP contribution is -2.33. The molecule has 82 valence electrons. The lowest BCUT2D eigenvalue weighted by atomic mass is 10.3. The normalized spacial score (nSPS) is 9.53. The number of ether oxygens (including phenoxy) is 1. The molecule has 2 N–H and O–H groups in total. The third kappa shape index (κ3) is 2.86. The first kappa shape index (κ1) is 11.3. The molecule has 0 aliphatic carbocycles. The van der Waals surface area contributed by atoms with Crippen molar-refractivity contribution in [3.8, 4) is 5.75 Å². The fourth-order valence-electron chi connectivity index (χ4n) is 0.905. The molecule has 0 aliphatic rings. The second-order valence-corrected chi connectivity index (χ2v) is 2.86. The van der Waals surface area contributed by atoms with Gasteiger partial charge in [-0.15, -0.1) is 15.3 Å². The van der Waals surface area contributed by atoms with Crippen molar-refractivity contribution in [1.82, 2.24) is 0 Å². The van der Waals surface area contributed by atoms with Crippen LogP contribution in [0.3, 0.4) is 0 Å². The number of halogens is 1. The maximum atomic E-state index is 10.0. The van der Waals surface area contributed by atoms with Crippen molar-refractivity contribution in [1.29, 1.82) is 0 Å². The van der Waals surface area contributed by atoms with E-state index in [-0.39, 0.29) is 5.69 Å². The number of benzene rings is 1. The van der Waals surface area contributed by atoms with Gasteiger partial charge < -0.3 is 4.74 Å². The van der Waals surface area contributed by atoms with Gasteiger partial charge in [-0.05, 0) is 12.1 Å². The summed E-state index contributed by atoms with van der Waals surface area (Å²) in [6.45, 7) is 0. The summed E-state index contributed by atoms with van der Waals surface area (Å²) in [4.78, 5) is 14.0. The molecule has 0 saturated heterocycles. The number of nitrogens with zero attached hydrogens (tertiary/aromatic N) is 2. The number of hydrogen-bond acceptors (Lipinski definition) is 6. The topological polar surface area (TPSA) is 90.9 Å². The molecule has 0 heterocycles. The van der Waals surface area contributed by atoms with Crippen LogP contribution in [-0.2, 0) is 4.94 Å². The molecule has 15 heavy (non-hydrogen) atoms. The van der Waals surface area contributed by atoms with Crippen molar-refractivity contribution >= 4 is 17.3 Å². The van der Waals surface area contributed by atoms with Crippen molar-refractivity contribution in [2.24, 2.45) is 5.84 Å². The van der Waals surface area contributed by atoms with Gasteiger partial charge in [-0.3, -0.25) is 0 Å². The van der Waals surface area contributed by atoms with Gasteiger partial charge in [0.15, 0.2) is 0 Å². The highest BCUT2D eigenvalue weighted by Gasteiger charge is 2.09. The number of hydrogen-bond donors (Lipinski definition) is 1. The molecule has 0 bridgehead atoms. The van der Waals surface area contributed by atoms with E-state index in [4.69, 9.17) is 22.2 Å². The predicted octanol–water partition coefficient (Wildman–Crippen LogP) is 1.15. The second kappa shape index (κ2) is 4.67. The van der Waals surface area contributed by atoms with Gasteiger partial charge in [0.05, 0.1) is 17.8 Å². The van der Waals surface area contributed by atoms with Gasteiger partial charge in [-0.25, -0.2) is 5.84 Å². The van der Waals surface area contributed by atoms with E-state index < -0.39 is 5.09 Å². The van der Waals surface area contributed by atoms with Crippen LogP contribution in [0.25, 0.3) is 0 Å². The van der Waals surface area contributed by atoms with Crippen LogP contribution in [0.4, 0.5) is 5.69 Å². The Kier molecular flexibility index (Phi) is 3.53. The molecule has 0 radical (unpaired) electrons. The first-order valence-corrected chi connectivity index (χ1v) is 4.13. The molecule has 1 aromatic carbocycles. The highest BCUT2D eigenvalue weighted by molar-refractivity contribution is 6.32. The lowest BCUT2D eigenvalue weighted by molar-refractivity contribution is -0.762. The fourth-order valence-corrected chi connectivity index (χ4v) is 1.10. The van der Waals surface area contributed by atoms with Gasteiger partial charge in [-0.1, -0.05) is 11.6 Å². The van der Waals surface area contributed by atoms with Crippen LogP contribution in [-0.4, -0.2) is 12.2 Å². The molecule has 0 aromatic heterocycles. The zero-order valence-corrected chi connectivity index (χ0v) is 8.47. The summed E-state index contributed by atoms with van der Waals surface area (Å²) in [5, 5.41) is 9.85. The molecular formula is C7H8ClN3O4. The molecule has 0 saturated carbocycles. The maximum Gasteiger partial charge on any atom is 0.318 e. The smallest absolute Gasteiger partial charge is 0.318 e. The van der Waals surface area contributed by atoms with Crippen molar-refractivity contribution in [3.63, 3.8) is 0 Å². The Hall–Kier alpha value is -1.73. The van der Waals surface area contributed by atoms with Crippen LogP contribution in [0.1, 0.15) is 0 Å². The molecule has 1 aromatic rings. The third-order valence-electron chi connectivity index (χ3n) is 1.54. The van der Waals surface area contributed by atoms with Crippen LogP contribution < -0.4 is 15.8 Å². The van der Waals surface area contributed by atoms with Gasteiger partial charge in [0.25, 0.3) is 0 Å². The Bertz CT molecular complexity index is 373.